The minimum atomic E-state index is -3.46. The van der Waals surface area contributed by atoms with E-state index in [1.807, 2.05) is 0 Å². The van der Waals surface area contributed by atoms with Gasteiger partial charge in [0.15, 0.2) is 9.84 Å². The highest BCUT2D eigenvalue weighted by molar-refractivity contribution is 7.99. The lowest BCUT2D eigenvalue weighted by Gasteiger charge is -2.09. The molecule has 0 aliphatic rings. The van der Waals surface area contributed by atoms with Gasteiger partial charge >= 0.3 is 5.97 Å². The zero-order valence-electron chi connectivity index (χ0n) is 10.9. The molecule has 7 heteroatoms. The van der Waals surface area contributed by atoms with Gasteiger partial charge in [0.05, 0.1) is 15.5 Å². The van der Waals surface area contributed by atoms with Gasteiger partial charge in [-0.3, -0.25) is 0 Å². The van der Waals surface area contributed by atoms with E-state index in [4.69, 9.17) is 11.6 Å². The van der Waals surface area contributed by atoms with Gasteiger partial charge in [-0.1, -0.05) is 35.5 Å². The lowest BCUT2D eigenvalue weighted by atomic mass is 10.2. The van der Waals surface area contributed by atoms with Gasteiger partial charge < -0.3 is 5.11 Å². The van der Waals surface area contributed by atoms with Crippen molar-refractivity contribution in [3.63, 3.8) is 0 Å². The van der Waals surface area contributed by atoms with Crippen LogP contribution in [-0.2, 0) is 9.84 Å². The van der Waals surface area contributed by atoms with Crippen LogP contribution in [0.25, 0.3) is 0 Å². The van der Waals surface area contributed by atoms with E-state index in [2.05, 4.69) is 0 Å². The Morgan fingerprint density at radius 1 is 1.14 bits per heavy atom. The first-order valence-electron chi connectivity index (χ1n) is 5.79. The van der Waals surface area contributed by atoms with E-state index < -0.39 is 15.8 Å². The van der Waals surface area contributed by atoms with Crippen LogP contribution in [0, 0.1) is 0 Å². The van der Waals surface area contributed by atoms with Crippen LogP contribution in [0.2, 0.25) is 5.02 Å². The summed E-state index contributed by atoms with van der Waals surface area (Å²) in [4.78, 5) is 12.4. The predicted molar refractivity (Wildman–Crippen MR) is 82.1 cm³/mol. The van der Waals surface area contributed by atoms with Crippen LogP contribution in [0.5, 0.6) is 0 Å². The van der Waals surface area contributed by atoms with Gasteiger partial charge in [0.2, 0.25) is 0 Å². The molecule has 0 saturated heterocycles. The molecule has 0 fully saturated rings. The molecular formula is C14H11ClO4S2. The van der Waals surface area contributed by atoms with Gasteiger partial charge in [-0.2, -0.15) is 0 Å². The highest BCUT2D eigenvalue weighted by Gasteiger charge is 2.17. The number of carboxylic acids is 1. The average molecular weight is 343 g/mol. The van der Waals surface area contributed by atoms with Crippen molar-refractivity contribution in [2.24, 2.45) is 0 Å². The summed E-state index contributed by atoms with van der Waals surface area (Å²) in [6.07, 6.45) is 1.04. The van der Waals surface area contributed by atoms with E-state index in [9.17, 15) is 18.3 Å². The Bertz CT molecular complexity index is 800. The first-order valence-corrected chi connectivity index (χ1v) is 8.87. The topological polar surface area (TPSA) is 71.4 Å². The summed E-state index contributed by atoms with van der Waals surface area (Å²) in [5, 5.41) is 9.77. The summed E-state index contributed by atoms with van der Waals surface area (Å²) in [6.45, 7) is 0. The van der Waals surface area contributed by atoms with Crippen LogP contribution in [0.4, 0.5) is 0 Å². The average Bonchev–Trinajstić information content (AvgIpc) is 2.40. The van der Waals surface area contributed by atoms with E-state index in [0.717, 1.165) is 12.3 Å². The van der Waals surface area contributed by atoms with E-state index in [1.165, 1.54) is 23.9 Å². The van der Waals surface area contributed by atoms with Crippen LogP contribution in [0.1, 0.15) is 10.4 Å². The highest BCUT2D eigenvalue weighted by atomic mass is 35.5. The first-order chi connectivity index (χ1) is 9.79. The van der Waals surface area contributed by atoms with Crippen molar-refractivity contribution < 1.29 is 18.3 Å². The number of benzene rings is 2. The minimum absolute atomic E-state index is 0.0246. The maximum atomic E-state index is 11.5. The van der Waals surface area contributed by atoms with Gasteiger partial charge in [0.1, 0.15) is 0 Å². The van der Waals surface area contributed by atoms with Crippen molar-refractivity contribution in [1.29, 1.82) is 0 Å². The molecule has 110 valence electrons. The van der Waals surface area contributed by atoms with Gasteiger partial charge in [-0.25, -0.2) is 13.2 Å². The molecule has 1 N–H and O–H groups in total. The Hall–Kier alpha value is -1.50. The summed E-state index contributed by atoms with van der Waals surface area (Å²) in [5.74, 6) is -1.19. The zero-order valence-corrected chi connectivity index (χ0v) is 13.3. The van der Waals surface area contributed by atoms with Crippen molar-refractivity contribution >= 4 is 39.2 Å². The predicted octanol–water partition coefficient (Wildman–Crippen LogP) is 3.59. The molecule has 2 aromatic carbocycles. The largest absolute Gasteiger partial charge is 0.478 e. The van der Waals surface area contributed by atoms with Crippen LogP contribution in [0.3, 0.4) is 0 Å². The number of hydrogen-bond acceptors (Lipinski definition) is 4. The second-order valence-electron chi connectivity index (χ2n) is 4.27. The Balaban J connectivity index is 2.50. The van der Waals surface area contributed by atoms with Crippen molar-refractivity contribution in [1.82, 2.24) is 0 Å². The summed E-state index contributed by atoms with van der Waals surface area (Å²) in [7, 11) is -3.46. The molecule has 2 rings (SSSR count). The molecule has 2 aromatic rings. The lowest BCUT2D eigenvalue weighted by molar-refractivity contribution is 0.0693. The molecule has 0 saturated carbocycles. The smallest absolute Gasteiger partial charge is 0.336 e. The fraction of sp³-hybridized carbons (Fsp3) is 0.0714. The number of carbonyl (C=O) groups is 1. The number of carboxylic acid groups (broad SMARTS) is 1. The lowest BCUT2D eigenvalue weighted by Crippen LogP contribution is -2.03. The normalized spacial score (nSPS) is 11.3. The number of aromatic carboxylic acids is 1. The van der Waals surface area contributed by atoms with Gasteiger partial charge in [-0.15, -0.1) is 0 Å². The summed E-state index contributed by atoms with van der Waals surface area (Å²) in [6, 6.07) is 11.1. The summed E-state index contributed by atoms with van der Waals surface area (Å²) in [5.41, 5.74) is -0.0668. The molecule has 0 spiro atoms. The van der Waals surface area contributed by atoms with Crippen molar-refractivity contribution in [3.8, 4) is 0 Å². The van der Waals surface area contributed by atoms with Crippen LogP contribution in [-0.4, -0.2) is 25.7 Å². The first kappa shape index (κ1) is 15.9. The Kier molecular flexibility index (Phi) is 4.61. The van der Waals surface area contributed by atoms with E-state index in [-0.39, 0.29) is 10.5 Å². The maximum absolute atomic E-state index is 11.5. The van der Waals surface area contributed by atoms with Crippen LogP contribution < -0.4 is 0 Å². The third-order valence-corrected chi connectivity index (χ3v) is 5.37. The molecule has 0 aliphatic carbocycles. The second kappa shape index (κ2) is 6.09. The summed E-state index contributed by atoms with van der Waals surface area (Å²) < 4.78 is 23.0. The van der Waals surface area contributed by atoms with Gasteiger partial charge in [0.25, 0.3) is 0 Å². The van der Waals surface area contributed by atoms with Crippen LogP contribution in [0.15, 0.2) is 57.2 Å². The molecule has 0 atom stereocenters. The molecule has 0 unspecified atom stereocenters. The third-order valence-electron chi connectivity index (χ3n) is 2.67. The standard InChI is InChI=1S/C14H11ClO4S2/c1-21(18,19)9-6-7-12(10(8-9)14(16)17)20-13-5-3-2-4-11(13)15/h2-8H,1H3,(H,16,17). The molecule has 0 heterocycles. The van der Waals surface area contributed by atoms with E-state index in [0.29, 0.717) is 14.8 Å². The molecule has 0 amide bonds. The highest BCUT2D eigenvalue weighted by Crippen LogP contribution is 2.35. The van der Waals surface area contributed by atoms with Crippen molar-refractivity contribution in [3.05, 3.63) is 53.1 Å². The molecule has 0 bridgehead atoms. The molecule has 0 aliphatic heterocycles. The van der Waals surface area contributed by atoms with E-state index in [1.54, 1.807) is 24.3 Å². The van der Waals surface area contributed by atoms with Crippen molar-refractivity contribution in [2.45, 2.75) is 14.7 Å². The fourth-order valence-corrected chi connectivity index (χ4v) is 3.48. The summed E-state index contributed by atoms with van der Waals surface area (Å²) >= 11 is 7.23. The molecular weight excluding hydrogens is 332 g/mol. The van der Waals surface area contributed by atoms with Crippen LogP contribution >= 0.6 is 23.4 Å². The quantitative estimate of drug-likeness (QED) is 0.919. The number of halogens is 1. The monoisotopic (exact) mass is 342 g/mol. The van der Waals surface area contributed by atoms with E-state index >= 15 is 0 Å². The van der Waals surface area contributed by atoms with Gasteiger partial charge in [-0.05, 0) is 30.3 Å². The fourth-order valence-electron chi connectivity index (χ4n) is 1.64. The number of hydrogen-bond donors (Lipinski definition) is 1. The minimum Gasteiger partial charge on any atom is -0.478 e. The molecule has 0 aromatic heterocycles. The van der Waals surface area contributed by atoms with Crippen molar-refractivity contribution in [2.75, 3.05) is 6.26 Å². The third kappa shape index (κ3) is 3.78. The number of sulfone groups is 1. The second-order valence-corrected chi connectivity index (χ2v) is 7.77. The Labute approximate surface area is 131 Å². The Morgan fingerprint density at radius 3 is 2.38 bits per heavy atom. The number of rotatable bonds is 4. The van der Waals surface area contributed by atoms with Gasteiger partial charge in [0, 0.05) is 16.0 Å². The SMILES string of the molecule is CS(=O)(=O)c1ccc(Sc2ccccc2Cl)c(C(=O)O)c1. The molecule has 21 heavy (non-hydrogen) atoms. The zero-order chi connectivity index (χ0) is 15.6. The molecule has 4 nitrogen and oxygen atoms in total. The molecule has 0 radical (unpaired) electrons. The Morgan fingerprint density at radius 2 is 1.81 bits per heavy atom. The maximum Gasteiger partial charge on any atom is 0.336 e.